The molecule has 10 heteroatoms. The Morgan fingerprint density at radius 2 is 1.41 bits per heavy atom. The zero-order valence-corrected chi connectivity index (χ0v) is 21.8. The highest BCUT2D eigenvalue weighted by atomic mass is 35.5. The number of halogens is 3. The van der Waals surface area contributed by atoms with Gasteiger partial charge in [-0.1, -0.05) is 23.2 Å². The number of ketones is 3. The third-order valence-electron chi connectivity index (χ3n) is 5.26. The highest BCUT2D eigenvalue weighted by Crippen LogP contribution is 2.30. The Hall–Kier alpha value is -2.03. The Bertz CT molecular complexity index is 1120. The maximum atomic E-state index is 11.8. The summed E-state index contributed by atoms with van der Waals surface area (Å²) in [6, 6.07) is 12.8. The lowest BCUT2D eigenvalue weighted by Gasteiger charge is -2.09. The van der Waals surface area contributed by atoms with E-state index in [-0.39, 0.29) is 49.7 Å². The zero-order chi connectivity index (χ0) is 23.1. The zero-order valence-electron chi connectivity index (χ0n) is 18.5. The first-order chi connectivity index (χ1) is 15.4. The monoisotopic (exact) mass is 543 g/mol. The highest BCUT2D eigenvalue weighted by Gasteiger charge is 2.22. The van der Waals surface area contributed by atoms with E-state index in [0.29, 0.717) is 29.3 Å². The molecule has 4 N–H and O–H groups in total. The second kappa shape index (κ2) is 14.4. The molecule has 0 unspecified atom stereocenters. The average molecular weight is 545 g/mol. The molecule has 1 heterocycles. The maximum absolute atomic E-state index is 11.8. The van der Waals surface area contributed by atoms with Crippen LogP contribution < -0.4 is 11.3 Å². The minimum absolute atomic E-state index is 0. The second-order valence-corrected chi connectivity index (χ2v) is 8.58. The Balaban J connectivity index is 0.000000266. The van der Waals surface area contributed by atoms with Gasteiger partial charge in [0.2, 0.25) is 0 Å². The number of Topliss-reactive ketones (excluding diaryl/α,β-unsaturated/α-hetero) is 3. The van der Waals surface area contributed by atoms with Gasteiger partial charge in [-0.3, -0.25) is 20.2 Å². The number of H-pyrrole nitrogens is 1. The minimum Gasteiger partial charge on any atom is -0.358 e. The van der Waals surface area contributed by atoms with Gasteiger partial charge in [0.1, 0.15) is 11.6 Å². The van der Waals surface area contributed by atoms with E-state index in [9.17, 15) is 14.4 Å². The third kappa shape index (κ3) is 8.32. The molecule has 5 rings (SSSR count). The largest absolute Gasteiger partial charge is 0.358 e. The van der Waals surface area contributed by atoms with Gasteiger partial charge in [-0.05, 0) is 61.7 Å². The summed E-state index contributed by atoms with van der Waals surface area (Å²) in [7, 11) is 0. The van der Waals surface area contributed by atoms with E-state index in [1.165, 1.54) is 0 Å². The van der Waals surface area contributed by atoms with Crippen LogP contribution in [-0.4, -0.2) is 22.3 Å². The molecule has 1 saturated carbocycles. The first kappa shape index (κ1) is 30.0. The van der Waals surface area contributed by atoms with Gasteiger partial charge in [0.25, 0.3) is 0 Å². The van der Waals surface area contributed by atoms with Gasteiger partial charge in [-0.2, -0.15) is 13.5 Å². The van der Waals surface area contributed by atoms with Gasteiger partial charge < -0.3 is 10.4 Å². The van der Waals surface area contributed by atoms with Gasteiger partial charge in [0.15, 0.2) is 5.78 Å². The van der Waals surface area contributed by atoms with Crippen molar-refractivity contribution in [2.45, 2.75) is 44.9 Å². The lowest BCUT2D eigenvalue weighted by Crippen LogP contribution is -2.13. The quantitative estimate of drug-likeness (QED) is 0.192. The minimum atomic E-state index is 0. The summed E-state index contributed by atoms with van der Waals surface area (Å²) >= 11 is 11.5. The summed E-state index contributed by atoms with van der Waals surface area (Å²) in [6.45, 7) is 0. The van der Waals surface area contributed by atoms with E-state index in [0.717, 1.165) is 47.1 Å². The fourth-order valence-electron chi connectivity index (χ4n) is 3.70. The van der Waals surface area contributed by atoms with Crippen molar-refractivity contribution in [3.05, 3.63) is 63.8 Å². The predicted molar refractivity (Wildman–Crippen MR) is 146 cm³/mol. The lowest BCUT2D eigenvalue weighted by molar-refractivity contribution is -0.129. The van der Waals surface area contributed by atoms with Crippen LogP contribution in [0.3, 0.4) is 0 Å². The molecule has 1 fully saturated rings. The van der Waals surface area contributed by atoms with Gasteiger partial charge in [0.05, 0.1) is 6.42 Å². The SMILES string of the molecule is Cl.NNc1ccc(Cl)cc1.O=C1CCCC(=O)C1.O=C1CCCc2[nH]c3ccc(Cl)cc3c21.S. The number of hydrazine groups is 1. The molecule has 0 saturated heterocycles. The van der Waals surface area contributed by atoms with E-state index in [1.54, 1.807) is 12.1 Å². The topological polar surface area (TPSA) is 105 Å². The Morgan fingerprint density at radius 1 is 0.824 bits per heavy atom. The van der Waals surface area contributed by atoms with Crippen LogP contribution >= 0.6 is 49.1 Å². The standard InChI is InChI=1S/C12H10ClNO.C6H7ClN2.C6H8O2.ClH.H2S/c13-7-4-5-9-8(6-7)12-10(14-9)2-1-3-11(12)15;7-5-1-3-6(9-8)4-2-5;7-5-2-1-3-6(8)4-5;;/h4-6,14H,1-3H2;1-4,9H,8H2;1-4H2;1H;1H2. The predicted octanol–water partition coefficient (Wildman–Crippen LogP) is 6.20. The van der Waals surface area contributed by atoms with Crippen molar-refractivity contribution in [2.75, 3.05) is 5.43 Å². The fraction of sp³-hybridized carbons (Fsp3) is 0.292. The summed E-state index contributed by atoms with van der Waals surface area (Å²) < 4.78 is 0. The van der Waals surface area contributed by atoms with Gasteiger partial charge in [-0.25, -0.2) is 0 Å². The number of benzene rings is 2. The molecule has 2 aliphatic carbocycles. The van der Waals surface area contributed by atoms with E-state index < -0.39 is 0 Å². The molecule has 0 amide bonds. The van der Waals surface area contributed by atoms with Crippen molar-refractivity contribution >= 4 is 83.0 Å². The summed E-state index contributed by atoms with van der Waals surface area (Å²) in [5, 5.41) is 2.37. The molecule has 3 aromatic rings. The second-order valence-electron chi connectivity index (χ2n) is 7.70. The number of rotatable bonds is 1. The van der Waals surface area contributed by atoms with E-state index in [4.69, 9.17) is 29.0 Å². The number of carbonyl (C=O) groups excluding carboxylic acids is 3. The van der Waals surface area contributed by atoms with Crippen LogP contribution in [0.1, 0.15) is 54.6 Å². The highest BCUT2D eigenvalue weighted by molar-refractivity contribution is 7.59. The number of nitrogens with two attached hydrogens (primary N) is 1. The van der Waals surface area contributed by atoms with E-state index >= 15 is 0 Å². The van der Waals surface area contributed by atoms with Gasteiger partial charge >= 0.3 is 0 Å². The van der Waals surface area contributed by atoms with Crippen LogP contribution in [-0.2, 0) is 16.0 Å². The fourth-order valence-corrected chi connectivity index (χ4v) is 4.00. The average Bonchev–Trinajstić information content (AvgIpc) is 3.14. The summed E-state index contributed by atoms with van der Waals surface area (Å²) in [5.41, 5.74) is 6.30. The number of carbonyl (C=O) groups is 3. The molecular weight excluding hydrogens is 517 g/mol. The first-order valence-electron chi connectivity index (χ1n) is 10.5. The molecule has 0 radical (unpaired) electrons. The Labute approximate surface area is 221 Å². The van der Waals surface area contributed by atoms with E-state index in [1.807, 2.05) is 30.3 Å². The molecule has 0 spiro atoms. The number of nitrogens with one attached hydrogen (secondary N) is 2. The molecule has 2 aliphatic rings. The number of anilines is 1. The Morgan fingerprint density at radius 3 is 1.97 bits per heavy atom. The summed E-state index contributed by atoms with van der Waals surface area (Å²) in [6.07, 6.45) is 4.78. The molecule has 2 aromatic carbocycles. The number of fused-ring (bicyclic) bond motifs is 3. The summed E-state index contributed by atoms with van der Waals surface area (Å²) in [5.74, 6) is 5.57. The molecule has 6 nitrogen and oxygen atoms in total. The number of hydrogen-bond acceptors (Lipinski definition) is 5. The van der Waals surface area contributed by atoms with Crippen molar-refractivity contribution in [1.29, 1.82) is 0 Å². The number of aryl methyl sites for hydroxylation is 1. The molecule has 0 atom stereocenters. The van der Waals surface area contributed by atoms with Crippen molar-refractivity contribution in [1.82, 2.24) is 4.98 Å². The molecule has 34 heavy (non-hydrogen) atoms. The Kier molecular flexibility index (Phi) is 12.7. The van der Waals surface area contributed by atoms with Crippen molar-refractivity contribution in [3.8, 4) is 0 Å². The normalized spacial score (nSPS) is 14.4. The number of aromatic nitrogens is 1. The first-order valence-corrected chi connectivity index (χ1v) is 11.2. The van der Waals surface area contributed by atoms with Crippen LogP contribution in [0, 0.1) is 0 Å². The van der Waals surface area contributed by atoms with Crippen LogP contribution in [0.25, 0.3) is 10.9 Å². The third-order valence-corrected chi connectivity index (χ3v) is 5.75. The number of nitrogen functional groups attached to an aromatic ring is 1. The molecule has 0 bridgehead atoms. The number of aromatic amines is 1. The van der Waals surface area contributed by atoms with Crippen molar-refractivity contribution < 1.29 is 14.4 Å². The molecule has 184 valence electrons. The van der Waals surface area contributed by atoms with E-state index in [2.05, 4.69) is 10.4 Å². The molecular formula is C24H28Cl3N3O3S. The van der Waals surface area contributed by atoms with Crippen LogP contribution in [0.5, 0.6) is 0 Å². The van der Waals surface area contributed by atoms with Crippen molar-refractivity contribution in [2.24, 2.45) is 5.84 Å². The maximum Gasteiger partial charge on any atom is 0.165 e. The van der Waals surface area contributed by atoms with Gasteiger partial charge in [0, 0.05) is 57.2 Å². The van der Waals surface area contributed by atoms with Gasteiger partial charge in [-0.15, -0.1) is 12.4 Å². The van der Waals surface area contributed by atoms with Crippen LogP contribution in [0.4, 0.5) is 5.69 Å². The lowest BCUT2D eigenvalue weighted by atomic mass is 9.94. The molecule has 0 aliphatic heterocycles. The number of hydrogen-bond donors (Lipinski definition) is 3. The van der Waals surface area contributed by atoms with Crippen molar-refractivity contribution in [3.63, 3.8) is 0 Å². The molecule has 1 aromatic heterocycles. The van der Waals surface area contributed by atoms with Crippen LogP contribution in [0.15, 0.2) is 42.5 Å². The summed E-state index contributed by atoms with van der Waals surface area (Å²) in [4.78, 5) is 36.0. The smallest absolute Gasteiger partial charge is 0.165 e. The van der Waals surface area contributed by atoms with Crippen LogP contribution in [0.2, 0.25) is 10.0 Å².